The number of hydrogen-bond acceptors (Lipinski definition) is 3. The highest BCUT2D eigenvalue weighted by molar-refractivity contribution is 7.07. The Bertz CT molecular complexity index is 298. The molecule has 0 unspecified atom stereocenters. The molecule has 0 aliphatic heterocycles. The first kappa shape index (κ1) is 13.2. The first-order chi connectivity index (χ1) is 7.74. The Hall–Kier alpha value is -0.870. The maximum atomic E-state index is 11.5. The van der Waals surface area contributed by atoms with Crippen molar-refractivity contribution in [3.63, 3.8) is 0 Å². The van der Waals surface area contributed by atoms with Gasteiger partial charge in [-0.3, -0.25) is 4.79 Å². The van der Waals surface area contributed by atoms with E-state index in [1.165, 1.54) is 5.56 Å². The molecule has 3 nitrogen and oxygen atoms in total. The molecule has 90 valence electrons. The fourth-order valence-corrected chi connectivity index (χ4v) is 2.15. The van der Waals surface area contributed by atoms with Crippen LogP contribution in [0.1, 0.15) is 31.7 Å². The van der Waals surface area contributed by atoms with E-state index in [0.29, 0.717) is 6.54 Å². The molecule has 1 amide bonds. The number of hydrogen-bond donors (Lipinski definition) is 2. The molecule has 1 aromatic heterocycles. The van der Waals surface area contributed by atoms with Gasteiger partial charge < -0.3 is 11.1 Å². The third kappa shape index (κ3) is 4.77. The zero-order valence-corrected chi connectivity index (χ0v) is 10.6. The summed E-state index contributed by atoms with van der Waals surface area (Å²) in [5, 5.41) is 7.02. The fraction of sp³-hybridized carbons (Fsp3) is 0.583. The van der Waals surface area contributed by atoms with Gasteiger partial charge in [-0.05, 0) is 35.2 Å². The van der Waals surface area contributed by atoms with Gasteiger partial charge in [0.1, 0.15) is 0 Å². The van der Waals surface area contributed by atoms with Crippen LogP contribution in [0.3, 0.4) is 0 Å². The van der Waals surface area contributed by atoms with E-state index in [2.05, 4.69) is 23.7 Å². The largest absolute Gasteiger partial charge is 0.354 e. The summed E-state index contributed by atoms with van der Waals surface area (Å²) in [4.78, 5) is 11.5. The molecule has 0 saturated heterocycles. The fourth-order valence-electron chi connectivity index (χ4n) is 1.45. The van der Waals surface area contributed by atoms with E-state index >= 15 is 0 Å². The minimum atomic E-state index is -0.345. The number of nitrogens with two attached hydrogens (primary N) is 1. The number of thiophene rings is 1. The highest BCUT2D eigenvalue weighted by Gasteiger charge is 2.11. The second kappa shape index (κ2) is 7.41. The third-order valence-electron chi connectivity index (χ3n) is 2.50. The number of unbranched alkanes of at least 4 members (excludes halogenated alkanes) is 1. The Balaban J connectivity index is 2.14. The third-order valence-corrected chi connectivity index (χ3v) is 3.23. The summed E-state index contributed by atoms with van der Waals surface area (Å²) in [5.41, 5.74) is 7.02. The van der Waals surface area contributed by atoms with Gasteiger partial charge in [0.25, 0.3) is 0 Å². The van der Waals surface area contributed by atoms with Crippen molar-refractivity contribution < 1.29 is 4.79 Å². The zero-order valence-electron chi connectivity index (χ0n) is 9.74. The van der Waals surface area contributed by atoms with E-state index < -0.39 is 0 Å². The smallest absolute Gasteiger partial charge is 0.236 e. The van der Waals surface area contributed by atoms with Crippen LogP contribution in [0.15, 0.2) is 16.8 Å². The van der Waals surface area contributed by atoms with E-state index in [1.54, 1.807) is 11.3 Å². The second-order valence-electron chi connectivity index (χ2n) is 3.92. The van der Waals surface area contributed by atoms with Crippen molar-refractivity contribution in [1.29, 1.82) is 0 Å². The van der Waals surface area contributed by atoms with Crippen LogP contribution in [0.4, 0.5) is 0 Å². The predicted molar refractivity (Wildman–Crippen MR) is 68.5 cm³/mol. The molecule has 0 aliphatic rings. The Labute approximate surface area is 101 Å². The van der Waals surface area contributed by atoms with Gasteiger partial charge in [0.05, 0.1) is 6.04 Å². The van der Waals surface area contributed by atoms with Crippen LogP contribution in [0.25, 0.3) is 0 Å². The molecule has 1 atom stereocenters. The van der Waals surface area contributed by atoms with Crippen LogP contribution >= 0.6 is 11.3 Å². The normalized spacial score (nSPS) is 12.4. The molecule has 0 aromatic carbocycles. The summed E-state index contributed by atoms with van der Waals surface area (Å²) in [6, 6.07) is 1.73. The van der Waals surface area contributed by atoms with Gasteiger partial charge >= 0.3 is 0 Å². The summed E-state index contributed by atoms with van der Waals surface area (Å²) in [6.45, 7) is 2.77. The van der Waals surface area contributed by atoms with Gasteiger partial charge in [0.2, 0.25) is 5.91 Å². The predicted octanol–water partition coefficient (Wildman–Crippen LogP) is 1.92. The lowest BCUT2D eigenvalue weighted by atomic mass is 10.1. The molecule has 3 N–H and O–H groups in total. The quantitative estimate of drug-likeness (QED) is 0.765. The van der Waals surface area contributed by atoms with Crippen molar-refractivity contribution in [3.8, 4) is 0 Å². The second-order valence-corrected chi connectivity index (χ2v) is 4.70. The van der Waals surface area contributed by atoms with E-state index in [-0.39, 0.29) is 11.9 Å². The molecule has 0 saturated carbocycles. The molecular weight excluding hydrogens is 220 g/mol. The first-order valence-corrected chi connectivity index (χ1v) is 6.72. The van der Waals surface area contributed by atoms with E-state index in [1.807, 2.05) is 5.38 Å². The molecule has 1 heterocycles. The van der Waals surface area contributed by atoms with Crippen LogP contribution in [0, 0.1) is 0 Å². The zero-order chi connectivity index (χ0) is 11.8. The van der Waals surface area contributed by atoms with Crippen molar-refractivity contribution >= 4 is 17.2 Å². The average Bonchev–Trinajstić information content (AvgIpc) is 2.78. The van der Waals surface area contributed by atoms with Gasteiger partial charge in [-0.15, -0.1) is 0 Å². The van der Waals surface area contributed by atoms with Crippen LogP contribution in [-0.4, -0.2) is 18.5 Å². The summed E-state index contributed by atoms with van der Waals surface area (Å²) >= 11 is 1.68. The van der Waals surface area contributed by atoms with Gasteiger partial charge in [-0.2, -0.15) is 11.3 Å². The lowest BCUT2D eigenvalue weighted by Gasteiger charge is -2.11. The molecule has 4 heteroatoms. The molecule has 1 aromatic rings. The van der Waals surface area contributed by atoms with Crippen molar-refractivity contribution in [1.82, 2.24) is 5.32 Å². The lowest BCUT2D eigenvalue weighted by molar-refractivity contribution is -0.122. The minimum Gasteiger partial charge on any atom is -0.354 e. The van der Waals surface area contributed by atoms with Gasteiger partial charge in [0.15, 0.2) is 0 Å². The molecule has 1 rings (SSSR count). The summed E-state index contributed by atoms with van der Waals surface area (Å²) in [7, 11) is 0. The highest BCUT2D eigenvalue weighted by atomic mass is 32.1. The molecule has 0 fully saturated rings. The minimum absolute atomic E-state index is 0.0244. The van der Waals surface area contributed by atoms with Crippen molar-refractivity contribution in [2.45, 2.75) is 38.6 Å². The van der Waals surface area contributed by atoms with Crippen LogP contribution in [0.2, 0.25) is 0 Å². The number of amides is 1. The summed E-state index contributed by atoms with van der Waals surface area (Å²) in [6.07, 6.45) is 3.76. The Kier molecular flexibility index (Phi) is 6.11. The summed E-state index contributed by atoms with van der Waals surface area (Å²) < 4.78 is 0. The van der Waals surface area contributed by atoms with Crippen molar-refractivity contribution in [2.75, 3.05) is 6.54 Å². The first-order valence-electron chi connectivity index (χ1n) is 5.78. The monoisotopic (exact) mass is 240 g/mol. The van der Waals surface area contributed by atoms with Crippen LogP contribution in [0.5, 0.6) is 0 Å². The van der Waals surface area contributed by atoms with Crippen LogP contribution < -0.4 is 11.1 Å². The number of carbonyl (C=O) groups is 1. The standard InChI is InChI=1S/C12H20N2OS/c1-2-3-4-11(13)12(15)14-7-5-10-6-8-16-9-10/h6,8-9,11H,2-5,7,13H2,1H3,(H,14,15)/t11-/m0/s1. The molecule has 0 spiro atoms. The highest BCUT2D eigenvalue weighted by Crippen LogP contribution is 2.05. The Morgan fingerprint density at radius 3 is 3.06 bits per heavy atom. The van der Waals surface area contributed by atoms with E-state index in [4.69, 9.17) is 5.73 Å². The molecule has 16 heavy (non-hydrogen) atoms. The lowest BCUT2D eigenvalue weighted by Crippen LogP contribution is -2.41. The molecule has 0 radical (unpaired) electrons. The SMILES string of the molecule is CCCC[C@H](N)C(=O)NCCc1ccsc1. The Morgan fingerprint density at radius 1 is 1.62 bits per heavy atom. The molecule has 0 bridgehead atoms. The van der Waals surface area contributed by atoms with Crippen molar-refractivity contribution in [2.24, 2.45) is 5.73 Å². The summed E-state index contributed by atoms with van der Waals surface area (Å²) in [5.74, 6) is -0.0244. The maximum Gasteiger partial charge on any atom is 0.236 e. The number of carbonyl (C=O) groups excluding carboxylic acids is 1. The van der Waals surface area contributed by atoms with Gasteiger partial charge in [-0.25, -0.2) is 0 Å². The topological polar surface area (TPSA) is 55.1 Å². The molecular formula is C12H20N2OS. The van der Waals surface area contributed by atoms with Gasteiger partial charge in [0, 0.05) is 6.54 Å². The molecule has 0 aliphatic carbocycles. The maximum absolute atomic E-state index is 11.5. The van der Waals surface area contributed by atoms with Gasteiger partial charge in [-0.1, -0.05) is 19.8 Å². The van der Waals surface area contributed by atoms with E-state index in [0.717, 1.165) is 25.7 Å². The average molecular weight is 240 g/mol. The number of nitrogens with one attached hydrogen (secondary N) is 1. The van der Waals surface area contributed by atoms with Crippen LogP contribution in [-0.2, 0) is 11.2 Å². The Morgan fingerprint density at radius 2 is 2.44 bits per heavy atom. The number of rotatable bonds is 7. The van der Waals surface area contributed by atoms with E-state index in [9.17, 15) is 4.79 Å². The van der Waals surface area contributed by atoms with Crippen molar-refractivity contribution in [3.05, 3.63) is 22.4 Å².